The standard InChI is InChI=1S/C18H21N3S/c19-18(17-5-3-9-22-17)20-15-7-6-13-11-16-4-1-2-8-21(16)12-14(13)10-15/h3,5-7,9-10,16H,1-2,4,8,11-12H2,(H2,19,20). The molecule has 1 atom stereocenters. The van der Waals surface area contributed by atoms with Gasteiger partial charge in [0, 0.05) is 12.6 Å². The minimum Gasteiger partial charge on any atom is -0.383 e. The number of nitrogens with zero attached hydrogens (tertiary/aromatic N) is 2. The lowest BCUT2D eigenvalue weighted by Crippen LogP contribution is -2.43. The van der Waals surface area contributed by atoms with Crippen LogP contribution in [0.4, 0.5) is 5.69 Å². The molecule has 1 aromatic heterocycles. The van der Waals surface area contributed by atoms with E-state index in [1.807, 2.05) is 17.5 Å². The van der Waals surface area contributed by atoms with Crippen LogP contribution in [0.3, 0.4) is 0 Å². The van der Waals surface area contributed by atoms with E-state index in [1.165, 1.54) is 43.4 Å². The average Bonchev–Trinajstić information content (AvgIpc) is 3.07. The first kappa shape index (κ1) is 14.0. The molecule has 4 rings (SSSR count). The minimum atomic E-state index is 0.613. The first-order valence-electron chi connectivity index (χ1n) is 8.03. The fourth-order valence-corrected chi connectivity index (χ4v) is 4.25. The van der Waals surface area contributed by atoms with Gasteiger partial charge in [0.1, 0.15) is 5.84 Å². The molecule has 0 aliphatic carbocycles. The Labute approximate surface area is 135 Å². The molecular formula is C18H21N3S. The van der Waals surface area contributed by atoms with Gasteiger partial charge in [-0.1, -0.05) is 18.6 Å². The summed E-state index contributed by atoms with van der Waals surface area (Å²) in [6, 6.07) is 11.4. The van der Waals surface area contributed by atoms with Gasteiger partial charge in [-0.15, -0.1) is 11.3 Å². The molecule has 0 saturated carbocycles. The van der Waals surface area contributed by atoms with E-state index in [9.17, 15) is 0 Å². The second-order valence-corrected chi connectivity index (χ2v) is 7.20. The Hall–Kier alpha value is -1.65. The molecule has 1 saturated heterocycles. The van der Waals surface area contributed by atoms with E-state index in [2.05, 4.69) is 28.1 Å². The van der Waals surface area contributed by atoms with Gasteiger partial charge < -0.3 is 5.73 Å². The van der Waals surface area contributed by atoms with Crippen molar-refractivity contribution in [1.29, 1.82) is 0 Å². The van der Waals surface area contributed by atoms with E-state index in [-0.39, 0.29) is 0 Å². The Morgan fingerprint density at radius 1 is 1.23 bits per heavy atom. The van der Waals surface area contributed by atoms with Crippen LogP contribution >= 0.6 is 11.3 Å². The monoisotopic (exact) mass is 311 g/mol. The number of hydrogen-bond donors (Lipinski definition) is 1. The average molecular weight is 311 g/mol. The Morgan fingerprint density at radius 2 is 2.18 bits per heavy atom. The number of rotatable bonds is 2. The zero-order valence-electron chi connectivity index (χ0n) is 12.7. The summed E-state index contributed by atoms with van der Waals surface area (Å²) in [6.45, 7) is 2.32. The lowest BCUT2D eigenvalue weighted by Gasteiger charge is -2.40. The molecule has 3 heterocycles. The maximum absolute atomic E-state index is 6.10. The lowest BCUT2D eigenvalue weighted by atomic mass is 9.88. The zero-order valence-corrected chi connectivity index (χ0v) is 13.5. The maximum atomic E-state index is 6.10. The third kappa shape index (κ3) is 2.69. The first-order valence-corrected chi connectivity index (χ1v) is 8.91. The molecule has 0 amide bonds. The Bertz CT molecular complexity index is 690. The van der Waals surface area contributed by atoms with E-state index in [0.29, 0.717) is 5.84 Å². The van der Waals surface area contributed by atoms with Crippen LogP contribution in [0.5, 0.6) is 0 Å². The quantitative estimate of drug-likeness (QED) is 0.679. The van der Waals surface area contributed by atoms with Crippen LogP contribution in [0.25, 0.3) is 0 Å². The van der Waals surface area contributed by atoms with Crippen LogP contribution in [0, 0.1) is 0 Å². The van der Waals surface area contributed by atoms with Crippen LogP contribution < -0.4 is 5.73 Å². The highest BCUT2D eigenvalue weighted by Gasteiger charge is 2.28. The first-order chi connectivity index (χ1) is 10.8. The zero-order chi connectivity index (χ0) is 14.9. The van der Waals surface area contributed by atoms with Gasteiger partial charge in [0.05, 0.1) is 10.6 Å². The van der Waals surface area contributed by atoms with Crippen molar-refractivity contribution in [2.24, 2.45) is 10.7 Å². The van der Waals surface area contributed by atoms with Crippen molar-refractivity contribution < 1.29 is 0 Å². The van der Waals surface area contributed by atoms with Gasteiger partial charge in [-0.25, -0.2) is 4.99 Å². The summed E-state index contributed by atoms with van der Waals surface area (Å²) in [5.41, 5.74) is 10.0. The topological polar surface area (TPSA) is 41.6 Å². The van der Waals surface area contributed by atoms with E-state index in [1.54, 1.807) is 11.3 Å². The summed E-state index contributed by atoms with van der Waals surface area (Å²) in [5, 5.41) is 2.03. The fourth-order valence-electron chi connectivity index (χ4n) is 3.62. The van der Waals surface area contributed by atoms with Crippen LogP contribution in [0.15, 0.2) is 40.7 Å². The Kier molecular flexibility index (Phi) is 3.72. The van der Waals surface area contributed by atoms with E-state index in [0.717, 1.165) is 23.2 Å². The number of aliphatic imine (C=N–C) groups is 1. The Morgan fingerprint density at radius 3 is 3.05 bits per heavy atom. The van der Waals surface area contributed by atoms with Gasteiger partial charge in [-0.05, 0) is 60.5 Å². The summed E-state index contributed by atoms with van der Waals surface area (Å²) in [5.74, 6) is 0.613. The highest BCUT2D eigenvalue weighted by Crippen LogP contribution is 2.31. The summed E-state index contributed by atoms with van der Waals surface area (Å²) in [4.78, 5) is 8.28. The molecule has 2 aliphatic rings. The Balaban J connectivity index is 1.61. The maximum Gasteiger partial charge on any atom is 0.141 e. The van der Waals surface area contributed by atoms with Gasteiger partial charge >= 0.3 is 0 Å². The number of piperidine rings is 1. The summed E-state index contributed by atoms with van der Waals surface area (Å²) >= 11 is 1.63. The molecule has 22 heavy (non-hydrogen) atoms. The van der Waals surface area contributed by atoms with Crippen molar-refractivity contribution in [3.05, 3.63) is 51.7 Å². The van der Waals surface area contributed by atoms with Crippen molar-refractivity contribution in [2.45, 2.75) is 38.3 Å². The van der Waals surface area contributed by atoms with Gasteiger partial charge in [0.25, 0.3) is 0 Å². The second-order valence-electron chi connectivity index (χ2n) is 6.25. The molecular weight excluding hydrogens is 290 g/mol. The minimum absolute atomic E-state index is 0.613. The van der Waals surface area contributed by atoms with Crippen molar-refractivity contribution in [2.75, 3.05) is 6.54 Å². The summed E-state index contributed by atoms with van der Waals surface area (Å²) in [7, 11) is 0. The molecule has 0 spiro atoms. The van der Waals surface area contributed by atoms with Crippen LogP contribution in [-0.2, 0) is 13.0 Å². The molecule has 4 heteroatoms. The van der Waals surface area contributed by atoms with Crippen molar-refractivity contribution >= 4 is 22.9 Å². The normalized spacial score (nSPS) is 22.2. The van der Waals surface area contributed by atoms with Gasteiger partial charge in [0.15, 0.2) is 0 Å². The van der Waals surface area contributed by atoms with E-state index in [4.69, 9.17) is 5.73 Å². The molecule has 3 nitrogen and oxygen atoms in total. The van der Waals surface area contributed by atoms with Crippen molar-refractivity contribution in [1.82, 2.24) is 4.90 Å². The largest absolute Gasteiger partial charge is 0.383 e. The second kappa shape index (κ2) is 5.86. The van der Waals surface area contributed by atoms with Gasteiger partial charge in [-0.3, -0.25) is 4.90 Å². The third-order valence-corrected chi connectivity index (χ3v) is 5.68. The molecule has 1 aromatic carbocycles. The predicted octanol–water partition coefficient (Wildman–Crippen LogP) is 3.70. The molecule has 1 fully saturated rings. The van der Waals surface area contributed by atoms with Gasteiger partial charge in [0.2, 0.25) is 0 Å². The lowest BCUT2D eigenvalue weighted by molar-refractivity contribution is 0.127. The molecule has 0 bridgehead atoms. The van der Waals surface area contributed by atoms with Crippen molar-refractivity contribution in [3.63, 3.8) is 0 Å². The number of thiophene rings is 1. The summed E-state index contributed by atoms with van der Waals surface area (Å²) in [6.07, 6.45) is 5.27. The number of benzene rings is 1. The molecule has 2 aromatic rings. The molecule has 2 N–H and O–H groups in total. The van der Waals surface area contributed by atoms with Crippen LogP contribution in [-0.4, -0.2) is 23.3 Å². The number of amidine groups is 1. The summed E-state index contributed by atoms with van der Waals surface area (Å²) < 4.78 is 0. The predicted molar refractivity (Wildman–Crippen MR) is 92.9 cm³/mol. The fraction of sp³-hybridized carbons (Fsp3) is 0.389. The molecule has 0 radical (unpaired) electrons. The van der Waals surface area contributed by atoms with Gasteiger partial charge in [-0.2, -0.15) is 0 Å². The van der Waals surface area contributed by atoms with Crippen molar-refractivity contribution in [3.8, 4) is 0 Å². The van der Waals surface area contributed by atoms with E-state index < -0.39 is 0 Å². The smallest absolute Gasteiger partial charge is 0.141 e. The highest BCUT2D eigenvalue weighted by molar-refractivity contribution is 7.12. The highest BCUT2D eigenvalue weighted by atomic mass is 32.1. The number of nitrogens with two attached hydrogens (primary N) is 1. The van der Waals surface area contributed by atoms with E-state index >= 15 is 0 Å². The SMILES string of the molecule is NC(=Nc1ccc2c(c1)CN1CCCCC1C2)c1cccs1. The molecule has 2 aliphatic heterocycles. The third-order valence-electron chi connectivity index (χ3n) is 4.79. The van der Waals surface area contributed by atoms with Crippen LogP contribution in [0.1, 0.15) is 35.3 Å². The molecule has 114 valence electrons. The molecule has 1 unspecified atom stereocenters. The number of fused-ring (bicyclic) bond motifs is 2. The van der Waals surface area contributed by atoms with Crippen LogP contribution in [0.2, 0.25) is 0 Å². The number of hydrogen-bond acceptors (Lipinski definition) is 3.